The first-order chi connectivity index (χ1) is 22.1. The lowest BCUT2D eigenvalue weighted by Crippen LogP contribution is -2.31. The number of alkyl halides is 9. The zero-order valence-electron chi connectivity index (χ0n) is 24.1. The average molecular weight is 706 g/mol. The highest BCUT2D eigenvalue weighted by molar-refractivity contribution is 5.73. The van der Waals surface area contributed by atoms with Gasteiger partial charge in [-0.25, -0.2) is 18.8 Å². The topological polar surface area (TPSA) is 150 Å². The number of hydrogen-bond donors (Lipinski definition) is 3. The minimum atomic E-state index is -5.08. The van der Waals surface area contributed by atoms with E-state index in [4.69, 9.17) is 34.4 Å². The van der Waals surface area contributed by atoms with Crippen LogP contribution in [0.5, 0.6) is 0 Å². The van der Waals surface area contributed by atoms with Gasteiger partial charge in [0.15, 0.2) is 0 Å². The van der Waals surface area contributed by atoms with E-state index in [1.165, 1.54) is 28.8 Å². The van der Waals surface area contributed by atoms with Gasteiger partial charge in [0.25, 0.3) is 0 Å². The molecule has 10 nitrogen and oxygen atoms in total. The van der Waals surface area contributed by atoms with Crippen LogP contribution < -0.4 is 0 Å². The second-order valence-electron chi connectivity index (χ2n) is 9.28. The van der Waals surface area contributed by atoms with Crippen molar-refractivity contribution >= 4 is 17.9 Å². The van der Waals surface area contributed by atoms with E-state index in [-0.39, 0.29) is 5.82 Å². The smallest absolute Gasteiger partial charge is 0.475 e. The van der Waals surface area contributed by atoms with Gasteiger partial charge in [-0.3, -0.25) is 14.9 Å². The Balaban J connectivity index is 0.000000448. The predicted molar refractivity (Wildman–Crippen MR) is 142 cm³/mol. The number of halogens is 10. The summed E-state index contributed by atoms with van der Waals surface area (Å²) >= 11 is 0. The van der Waals surface area contributed by atoms with Gasteiger partial charge < -0.3 is 20.1 Å². The van der Waals surface area contributed by atoms with Gasteiger partial charge in [0.1, 0.15) is 5.82 Å². The van der Waals surface area contributed by atoms with Crippen molar-refractivity contribution in [2.24, 2.45) is 0 Å². The van der Waals surface area contributed by atoms with E-state index in [0.717, 1.165) is 37.2 Å². The van der Waals surface area contributed by atoms with Crippen LogP contribution in [0.15, 0.2) is 61.2 Å². The molecule has 0 saturated heterocycles. The summed E-state index contributed by atoms with van der Waals surface area (Å²) in [5.41, 5.74) is 6.03. The monoisotopic (exact) mass is 705 g/mol. The Hall–Kier alpha value is -4.85. The molecule has 48 heavy (non-hydrogen) atoms. The number of benzene rings is 1. The lowest BCUT2D eigenvalue weighted by atomic mass is 9.97. The van der Waals surface area contributed by atoms with Crippen molar-refractivity contribution in [3.05, 3.63) is 94.8 Å². The molecule has 0 fully saturated rings. The fourth-order valence-corrected chi connectivity index (χ4v) is 3.49. The Bertz CT molecular complexity index is 1410. The molecule has 4 rings (SSSR count). The molecule has 3 heterocycles. The van der Waals surface area contributed by atoms with Crippen molar-refractivity contribution in [2.45, 2.75) is 51.3 Å². The summed E-state index contributed by atoms with van der Waals surface area (Å²) in [6.45, 7) is 3.80. The second kappa shape index (κ2) is 18.5. The first-order valence-corrected chi connectivity index (χ1v) is 12.9. The summed E-state index contributed by atoms with van der Waals surface area (Å²) in [5.74, 6) is -8.46. The van der Waals surface area contributed by atoms with Crippen LogP contribution >= 0.6 is 0 Å². The zero-order valence-corrected chi connectivity index (χ0v) is 24.1. The highest BCUT2D eigenvalue weighted by Gasteiger charge is 2.39. The van der Waals surface area contributed by atoms with Crippen molar-refractivity contribution in [2.75, 3.05) is 6.54 Å². The number of aromatic nitrogens is 2. The number of pyridine rings is 2. The number of fused-ring (bicyclic) bond motifs is 1. The highest BCUT2D eigenvalue weighted by Crippen LogP contribution is 2.24. The van der Waals surface area contributed by atoms with Gasteiger partial charge in [-0.2, -0.15) is 39.5 Å². The molecule has 0 bridgehead atoms. The molecule has 0 saturated carbocycles. The van der Waals surface area contributed by atoms with Gasteiger partial charge in [-0.1, -0.05) is 12.1 Å². The summed E-state index contributed by atoms with van der Waals surface area (Å²) in [5, 5.41) is 21.4. The number of carboxylic acids is 3. The quantitative estimate of drug-likeness (QED) is 0.269. The standard InChI is InChI=1S/C22H22FN3O.3C2HF3O2/c23-21-3-1-17(2-4-21)13-26-10-7-22-19(14-26)11-25-12-20(22)16-27-15-18-5-8-24-9-6-18;3*3-2(4,5)1(6)7/h1-6,8-9,11-12H,7,10,13-16H2;3*(H,6,7). The molecular weight excluding hydrogens is 680 g/mol. The lowest BCUT2D eigenvalue weighted by Gasteiger charge is -2.29. The van der Waals surface area contributed by atoms with Crippen LogP contribution in [-0.4, -0.2) is 73.2 Å². The Labute approximate surface area is 264 Å². The first kappa shape index (κ1) is 41.2. The van der Waals surface area contributed by atoms with Crippen molar-refractivity contribution < 1.29 is 78.3 Å². The Morgan fingerprint density at radius 2 is 1.19 bits per heavy atom. The van der Waals surface area contributed by atoms with E-state index in [0.29, 0.717) is 13.2 Å². The molecule has 0 aliphatic carbocycles. The molecule has 0 unspecified atom stereocenters. The highest BCUT2D eigenvalue weighted by atomic mass is 19.4. The number of carboxylic acid groups (broad SMARTS) is 3. The Morgan fingerprint density at radius 3 is 1.65 bits per heavy atom. The van der Waals surface area contributed by atoms with Crippen molar-refractivity contribution in [3.8, 4) is 0 Å². The van der Waals surface area contributed by atoms with Crippen LogP contribution in [0.2, 0.25) is 0 Å². The van der Waals surface area contributed by atoms with Crippen LogP contribution in [0.25, 0.3) is 0 Å². The van der Waals surface area contributed by atoms with E-state index >= 15 is 0 Å². The maximum atomic E-state index is 13.1. The number of rotatable bonds is 6. The molecule has 0 atom stereocenters. The van der Waals surface area contributed by atoms with Crippen LogP contribution in [0.1, 0.15) is 27.8 Å². The van der Waals surface area contributed by atoms with Gasteiger partial charge >= 0.3 is 36.4 Å². The van der Waals surface area contributed by atoms with Gasteiger partial charge in [0.2, 0.25) is 0 Å². The molecule has 20 heteroatoms. The van der Waals surface area contributed by atoms with E-state index in [9.17, 15) is 43.9 Å². The van der Waals surface area contributed by atoms with E-state index in [2.05, 4.69) is 14.9 Å². The summed E-state index contributed by atoms with van der Waals surface area (Å²) in [7, 11) is 0. The summed E-state index contributed by atoms with van der Waals surface area (Å²) in [6.07, 6.45) is -6.84. The van der Waals surface area contributed by atoms with Crippen molar-refractivity contribution in [1.29, 1.82) is 0 Å². The fraction of sp³-hybridized carbons (Fsp3) is 0.321. The third kappa shape index (κ3) is 16.1. The maximum Gasteiger partial charge on any atom is 0.490 e. The minimum absolute atomic E-state index is 0.191. The van der Waals surface area contributed by atoms with Gasteiger partial charge in [0, 0.05) is 44.4 Å². The van der Waals surface area contributed by atoms with Crippen molar-refractivity contribution in [3.63, 3.8) is 0 Å². The average Bonchev–Trinajstić information content (AvgIpc) is 2.98. The summed E-state index contributed by atoms with van der Waals surface area (Å²) < 4.78 is 114. The number of hydrogen-bond acceptors (Lipinski definition) is 7. The number of nitrogens with zero attached hydrogens (tertiary/aromatic N) is 3. The van der Waals surface area contributed by atoms with E-state index in [1.807, 2.05) is 36.7 Å². The predicted octanol–water partition coefficient (Wildman–Crippen LogP) is 5.79. The lowest BCUT2D eigenvalue weighted by molar-refractivity contribution is -0.193. The number of carbonyl (C=O) groups is 3. The van der Waals surface area contributed by atoms with Crippen LogP contribution in [-0.2, 0) is 51.8 Å². The third-order valence-corrected chi connectivity index (χ3v) is 5.63. The largest absolute Gasteiger partial charge is 0.490 e. The first-order valence-electron chi connectivity index (χ1n) is 12.9. The number of ether oxygens (including phenoxy) is 1. The van der Waals surface area contributed by atoms with Gasteiger partial charge in [0.05, 0.1) is 13.2 Å². The van der Waals surface area contributed by atoms with Crippen molar-refractivity contribution in [1.82, 2.24) is 14.9 Å². The molecule has 1 aliphatic heterocycles. The molecule has 1 aliphatic rings. The third-order valence-electron chi connectivity index (χ3n) is 5.63. The van der Waals surface area contributed by atoms with E-state index < -0.39 is 36.4 Å². The molecule has 2 aromatic heterocycles. The summed E-state index contributed by atoms with van der Waals surface area (Å²) in [6, 6.07) is 10.7. The maximum absolute atomic E-state index is 13.1. The molecule has 1 aromatic carbocycles. The molecule has 3 N–H and O–H groups in total. The molecule has 0 radical (unpaired) electrons. The zero-order chi connectivity index (χ0) is 36.7. The van der Waals surface area contributed by atoms with E-state index in [1.54, 1.807) is 12.4 Å². The van der Waals surface area contributed by atoms with Crippen LogP contribution in [0, 0.1) is 5.82 Å². The molecule has 3 aromatic rings. The van der Waals surface area contributed by atoms with Gasteiger partial charge in [-0.15, -0.1) is 0 Å². The molecule has 0 amide bonds. The number of aliphatic carboxylic acids is 3. The molecule has 0 spiro atoms. The fourth-order valence-electron chi connectivity index (χ4n) is 3.49. The Morgan fingerprint density at radius 1 is 0.708 bits per heavy atom. The normalized spacial score (nSPS) is 12.9. The van der Waals surface area contributed by atoms with Gasteiger partial charge in [-0.05, 0) is 58.5 Å². The molecular formula is C28H25F10N3O7. The van der Waals surface area contributed by atoms with Crippen LogP contribution in [0.3, 0.4) is 0 Å². The van der Waals surface area contributed by atoms with Crippen LogP contribution in [0.4, 0.5) is 43.9 Å². The second-order valence-corrected chi connectivity index (χ2v) is 9.28. The minimum Gasteiger partial charge on any atom is -0.475 e. The molecule has 264 valence electrons. The SMILES string of the molecule is Fc1ccc(CN2CCc3c(COCc4ccncc4)cncc3C2)cc1.O=C(O)C(F)(F)F.O=C(O)C(F)(F)F.O=C(O)C(F)(F)F. The Kier molecular flexibility index (Phi) is 15.8. The summed E-state index contributed by atoms with van der Waals surface area (Å²) in [4.78, 5) is 37.5.